The average molecular weight is 257 g/mol. The zero-order valence-corrected chi connectivity index (χ0v) is 11.2. The number of hydrogen-bond acceptors (Lipinski definition) is 3. The van der Waals surface area contributed by atoms with Gasteiger partial charge in [0.25, 0.3) is 5.91 Å². The second-order valence-electron chi connectivity index (χ2n) is 4.68. The van der Waals surface area contributed by atoms with E-state index in [1.165, 1.54) is 11.8 Å². The third-order valence-corrected chi connectivity index (χ3v) is 3.28. The molecule has 5 heteroatoms. The number of rotatable bonds is 2. The fourth-order valence-corrected chi connectivity index (χ4v) is 2.49. The van der Waals surface area contributed by atoms with Gasteiger partial charge in [0.1, 0.15) is 12.6 Å². The largest absolute Gasteiger partial charge is 0.341 e. The van der Waals surface area contributed by atoms with Crippen LogP contribution in [0.1, 0.15) is 29.7 Å². The van der Waals surface area contributed by atoms with Crippen molar-refractivity contribution in [1.29, 1.82) is 5.26 Å². The Morgan fingerprint density at radius 1 is 1.42 bits per heavy atom. The minimum atomic E-state index is -0.680. The SMILES string of the molecule is CC(=O)NC1C(=O)N(CC#N)c2c(C)ccc(C)c21. The third kappa shape index (κ3) is 2.06. The van der Waals surface area contributed by atoms with Crippen molar-refractivity contribution < 1.29 is 9.59 Å². The van der Waals surface area contributed by atoms with Crippen LogP contribution in [-0.4, -0.2) is 18.4 Å². The van der Waals surface area contributed by atoms with Crippen LogP contribution >= 0.6 is 0 Å². The molecule has 0 aromatic heterocycles. The van der Waals surface area contributed by atoms with Gasteiger partial charge < -0.3 is 5.32 Å². The van der Waals surface area contributed by atoms with E-state index in [0.717, 1.165) is 22.4 Å². The maximum absolute atomic E-state index is 12.4. The van der Waals surface area contributed by atoms with Crippen LogP contribution < -0.4 is 10.2 Å². The molecule has 1 heterocycles. The number of fused-ring (bicyclic) bond motifs is 1. The monoisotopic (exact) mass is 257 g/mol. The lowest BCUT2D eigenvalue weighted by atomic mass is 9.99. The molecular formula is C14H15N3O2. The summed E-state index contributed by atoms with van der Waals surface area (Å²) >= 11 is 0. The number of benzene rings is 1. The topological polar surface area (TPSA) is 73.2 Å². The van der Waals surface area contributed by atoms with E-state index in [1.807, 2.05) is 32.0 Å². The van der Waals surface area contributed by atoms with E-state index in [1.54, 1.807) is 0 Å². The lowest BCUT2D eigenvalue weighted by molar-refractivity contribution is -0.126. The molecule has 98 valence electrons. The van der Waals surface area contributed by atoms with Gasteiger partial charge in [-0.25, -0.2) is 0 Å². The molecule has 0 saturated heterocycles. The Hall–Kier alpha value is -2.35. The summed E-state index contributed by atoms with van der Waals surface area (Å²) in [6.07, 6.45) is 0. The molecule has 1 atom stereocenters. The number of nitrogens with zero attached hydrogens (tertiary/aromatic N) is 2. The molecule has 1 N–H and O–H groups in total. The van der Waals surface area contributed by atoms with E-state index >= 15 is 0 Å². The minimum absolute atomic E-state index is 0.00773. The fraction of sp³-hybridized carbons (Fsp3) is 0.357. The van der Waals surface area contributed by atoms with E-state index in [2.05, 4.69) is 5.32 Å². The lowest BCUT2D eigenvalue weighted by Crippen LogP contribution is -2.36. The molecule has 19 heavy (non-hydrogen) atoms. The molecule has 1 aromatic carbocycles. The van der Waals surface area contributed by atoms with Crippen LogP contribution in [0.15, 0.2) is 12.1 Å². The highest BCUT2D eigenvalue weighted by atomic mass is 16.2. The first-order valence-corrected chi connectivity index (χ1v) is 6.03. The van der Waals surface area contributed by atoms with E-state index in [-0.39, 0.29) is 18.4 Å². The quantitative estimate of drug-likeness (QED) is 0.813. The van der Waals surface area contributed by atoms with Gasteiger partial charge in [0.15, 0.2) is 0 Å². The molecule has 2 rings (SSSR count). The molecule has 0 bridgehead atoms. The molecule has 0 aliphatic carbocycles. The first kappa shape index (κ1) is 13.1. The van der Waals surface area contributed by atoms with Crippen LogP contribution in [0.5, 0.6) is 0 Å². The number of aryl methyl sites for hydroxylation is 2. The Morgan fingerprint density at radius 2 is 2.05 bits per heavy atom. The second kappa shape index (κ2) is 4.73. The van der Waals surface area contributed by atoms with Gasteiger partial charge in [-0.3, -0.25) is 14.5 Å². The number of amides is 2. The van der Waals surface area contributed by atoms with E-state index in [0.29, 0.717) is 0 Å². The Morgan fingerprint density at radius 3 is 2.63 bits per heavy atom. The van der Waals surface area contributed by atoms with Crippen LogP contribution in [0, 0.1) is 25.2 Å². The minimum Gasteiger partial charge on any atom is -0.341 e. The molecule has 2 amide bonds. The smallest absolute Gasteiger partial charge is 0.255 e. The van der Waals surface area contributed by atoms with Crippen molar-refractivity contribution in [1.82, 2.24) is 5.32 Å². The molecular weight excluding hydrogens is 242 g/mol. The Balaban J connectivity index is 2.60. The van der Waals surface area contributed by atoms with Crippen LogP contribution in [0.4, 0.5) is 5.69 Å². The van der Waals surface area contributed by atoms with E-state index in [9.17, 15) is 9.59 Å². The lowest BCUT2D eigenvalue weighted by Gasteiger charge is -2.15. The Kier molecular flexibility index (Phi) is 3.26. The van der Waals surface area contributed by atoms with E-state index in [4.69, 9.17) is 5.26 Å². The van der Waals surface area contributed by atoms with Crippen LogP contribution in [-0.2, 0) is 9.59 Å². The zero-order chi connectivity index (χ0) is 14.2. The maximum Gasteiger partial charge on any atom is 0.255 e. The first-order chi connectivity index (χ1) is 8.97. The summed E-state index contributed by atoms with van der Waals surface area (Å²) in [7, 11) is 0. The van der Waals surface area contributed by atoms with Gasteiger partial charge in [-0.15, -0.1) is 0 Å². The van der Waals surface area contributed by atoms with Crippen molar-refractivity contribution in [3.8, 4) is 6.07 Å². The van der Waals surface area contributed by atoms with Crippen molar-refractivity contribution >= 4 is 17.5 Å². The predicted octanol–water partition coefficient (Wildman–Crippen LogP) is 1.35. The standard InChI is InChI=1S/C14H15N3O2/c1-8-4-5-9(2)13-11(8)12(16-10(3)18)14(19)17(13)7-6-15/h4-5,12H,7H2,1-3H3,(H,16,18). The van der Waals surface area contributed by atoms with Gasteiger partial charge in [-0.1, -0.05) is 12.1 Å². The number of hydrogen-bond donors (Lipinski definition) is 1. The van der Waals surface area contributed by atoms with Gasteiger partial charge in [-0.2, -0.15) is 5.26 Å². The van der Waals surface area contributed by atoms with Crippen molar-refractivity contribution in [2.24, 2.45) is 0 Å². The van der Waals surface area contributed by atoms with Crippen molar-refractivity contribution in [3.05, 3.63) is 28.8 Å². The number of anilines is 1. The molecule has 1 aromatic rings. The number of carbonyl (C=O) groups excluding carboxylic acids is 2. The molecule has 1 unspecified atom stereocenters. The van der Waals surface area contributed by atoms with Gasteiger partial charge in [0.2, 0.25) is 5.91 Å². The summed E-state index contributed by atoms with van der Waals surface area (Å²) in [5, 5.41) is 11.5. The van der Waals surface area contributed by atoms with Gasteiger partial charge >= 0.3 is 0 Å². The van der Waals surface area contributed by atoms with Crippen LogP contribution in [0.25, 0.3) is 0 Å². The number of nitrogens with one attached hydrogen (secondary N) is 1. The molecule has 0 fully saturated rings. The molecule has 5 nitrogen and oxygen atoms in total. The Labute approximate surface area is 111 Å². The molecule has 0 saturated carbocycles. The van der Waals surface area contributed by atoms with Gasteiger partial charge in [0, 0.05) is 12.5 Å². The summed E-state index contributed by atoms with van der Waals surface area (Å²) in [6.45, 7) is 5.17. The molecule has 0 spiro atoms. The summed E-state index contributed by atoms with van der Waals surface area (Å²) in [4.78, 5) is 25.1. The average Bonchev–Trinajstić information content (AvgIpc) is 2.60. The molecule has 1 aliphatic rings. The van der Waals surface area contributed by atoms with E-state index < -0.39 is 6.04 Å². The predicted molar refractivity (Wildman–Crippen MR) is 70.4 cm³/mol. The van der Waals surface area contributed by atoms with Crippen molar-refractivity contribution in [2.75, 3.05) is 11.4 Å². The molecule has 1 aliphatic heterocycles. The normalized spacial score (nSPS) is 17.1. The van der Waals surface area contributed by atoms with Gasteiger partial charge in [0.05, 0.1) is 11.8 Å². The third-order valence-electron chi connectivity index (χ3n) is 3.28. The number of carbonyl (C=O) groups is 2. The zero-order valence-electron chi connectivity index (χ0n) is 11.2. The summed E-state index contributed by atoms with van der Waals surface area (Å²) in [5.74, 6) is -0.506. The van der Waals surface area contributed by atoms with Crippen molar-refractivity contribution in [2.45, 2.75) is 26.8 Å². The highest BCUT2D eigenvalue weighted by molar-refractivity contribution is 6.07. The summed E-state index contributed by atoms with van der Waals surface area (Å²) in [6, 6.07) is 5.16. The number of nitriles is 1. The maximum atomic E-state index is 12.4. The summed E-state index contributed by atoms with van der Waals surface area (Å²) in [5.41, 5.74) is 3.42. The first-order valence-electron chi connectivity index (χ1n) is 6.03. The van der Waals surface area contributed by atoms with Crippen LogP contribution in [0.3, 0.4) is 0 Å². The van der Waals surface area contributed by atoms with Crippen molar-refractivity contribution in [3.63, 3.8) is 0 Å². The molecule has 0 radical (unpaired) electrons. The second-order valence-corrected chi connectivity index (χ2v) is 4.68. The Bertz CT molecular complexity index is 601. The fourth-order valence-electron chi connectivity index (χ4n) is 2.49. The summed E-state index contributed by atoms with van der Waals surface area (Å²) < 4.78 is 0. The highest BCUT2D eigenvalue weighted by Gasteiger charge is 2.39. The van der Waals surface area contributed by atoms with Gasteiger partial charge in [-0.05, 0) is 25.0 Å². The highest BCUT2D eigenvalue weighted by Crippen LogP contribution is 2.40. The van der Waals surface area contributed by atoms with Crippen LogP contribution in [0.2, 0.25) is 0 Å².